The fourth-order valence-electron chi connectivity index (χ4n) is 4.85. The lowest BCUT2D eigenvalue weighted by Crippen LogP contribution is -2.63. The fourth-order valence-corrected chi connectivity index (χ4v) is 4.85. The lowest BCUT2D eigenvalue weighted by Gasteiger charge is -2.50. The van der Waals surface area contributed by atoms with E-state index in [1.807, 2.05) is 6.92 Å². The highest BCUT2D eigenvalue weighted by Gasteiger charge is 2.66. The highest BCUT2D eigenvalue weighted by atomic mass is 16.6. The van der Waals surface area contributed by atoms with E-state index in [2.05, 4.69) is 76.7 Å². The molecule has 2 fully saturated rings. The van der Waals surface area contributed by atoms with E-state index in [0.717, 1.165) is 37.9 Å². The number of carbonyl (C=O) groups is 1. The van der Waals surface area contributed by atoms with Crippen LogP contribution in [-0.4, -0.2) is 37.4 Å². The number of epoxide rings is 1. The van der Waals surface area contributed by atoms with Gasteiger partial charge in [-0.15, -0.1) is 0 Å². The molecule has 5 heteroatoms. The number of amides is 1. The molecule has 0 radical (unpaired) electrons. The number of rotatable bonds is 10. The first-order valence-electron chi connectivity index (χ1n) is 11.9. The molecule has 1 saturated heterocycles. The van der Waals surface area contributed by atoms with Crippen molar-refractivity contribution in [3.05, 3.63) is 46.6 Å². The number of hydrogen-bond acceptors (Lipinski definition) is 4. The van der Waals surface area contributed by atoms with Crippen molar-refractivity contribution in [2.24, 2.45) is 5.41 Å². The second kappa shape index (κ2) is 11.4. The molecule has 1 amide bonds. The molecule has 32 heavy (non-hydrogen) atoms. The Hall–Kier alpha value is -1.69. The second-order valence-electron chi connectivity index (χ2n) is 10.1. The Bertz CT molecular complexity index is 781. The summed E-state index contributed by atoms with van der Waals surface area (Å²) < 4.78 is 12.1. The van der Waals surface area contributed by atoms with Gasteiger partial charge in [0.15, 0.2) is 0 Å². The van der Waals surface area contributed by atoms with Crippen LogP contribution in [0.4, 0.5) is 0 Å². The van der Waals surface area contributed by atoms with Crippen LogP contribution in [0.2, 0.25) is 0 Å². The molecule has 1 unspecified atom stereocenters. The predicted octanol–water partition coefficient (Wildman–Crippen LogP) is 5.56. The number of methoxy groups -OCH3 is 1. The van der Waals surface area contributed by atoms with Crippen LogP contribution in [0.25, 0.3) is 0 Å². The largest absolute Gasteiger partial charge is 0.379 e. The van der Waals surface area contributed by atoms with Crippen LogP contribution in [0.3, 0.4) is 0 Å². The van der Waals surface area contributed by atoms with E-state index in [9.17, 15) is 4.79 Å². The maximum Gasteiger partial charge on any atom is 0.238 e. The molecule has 1 spiro atoms. The molecule has 5 nitrogen and oxygen atoms in total. The van der Waals surface area contributed by atoms with Gasteiger partial charge in [0, 0.05) is 18.9 Å². The number of nitrogens with one attached hydrogen (secondary N) is 2. The molecular formula is C27H44N2O3. The fraction of sp³-hybridized carbons (Fsp3) is 0.667. The average Bonchev–Trinajstić information content (AvgIpc) is 3.49. The quantitative estimate of drug-likeness (QED) is 0.263. The van der Waals surface area contributed by atoms with Gasteiger partial charge in [-0.1, -0.05) is 53.5 Å². The molecule has 0 aromatic rings. The summed E-state index contributed by atoms with van der Waals surface area (Å²) in [7, 11) is 1.76. The van der Waals surface area contributed by atoms with Crippen molar-refractivity contribution in [2.75, 3.05) is 13.7 Å². The summed E-state index contributed by atoms with van der Waals surface area (Å²) in [6.07, 6.45) is 12.7. The first kappa shape index (κ1) is 26.6. The summed E-state index contributed by atoms with van der Waals surface area (Å²) in [4.78, 5) is 12.5. The van der Waals surface area contributed by atoms with E-state index in [-0.39, 0.29) is 29.1 Å². The Labute approximate surface area is 195 Å². The van der Waals surface area contributed by atoms with Gasteiger partial charge in [0.2, 0.25) is 5.91 Å². The van der Waals surface area contributed by atoms with Crippen molar-refractivity contribution >= 4 is 5.91 Å². The Morgan fingerprint density at radius 3 is 2.16 bits per heavy atom. The Balaban J connectivity index is 2.06. The lowest BCUT2D eigenvalue weighted by atomic mass is 9.60. The number of hydrazine groups is 1. The SMILES string of the molecule is CO[C@@H]1C(NNC(=O)C/C(C)=C/CC=C(C)C)CC[C@]2(CO2)[C@@]1(C)/C(C)=C/CC=C(C)C. The first-order chi connectivity index (χ1) is 15.1. The molecular weight excluding hydrogens is 400 g/mol. The third kappa shape index (κ3) is 6.43. The van der Waals surface area contributed by atoms with Gasteiger partial charge in [0.25, 0.3) is 0 Å². The lowest BCUT2D eigenvalue weighted by molar-refractivity contribution is -0.123. The van der Waals surface area contributed by atoms with Crippen molar-refractivity contribution in [3.8, 4) is 0 Å². The summed E-state index contributed by atoms with van der Waals surface area (Å²) in [5, 5.41) is 0. The topological polar surface area (TPSA) is 62.9 Å². The van der Waals surface area contributed by atoms with E-state index in [0.29, 0.717) is 6.42 Å². The third-order valence-electron chi connectivity index (χ3n) is 7.08. The van der Waals surface area contributed by atoms with Gasteiger partial charge in [-0.05, 0) is 67.2 Å². The molecule has 1 saturated carbocycles. The van der Waals surface area contributed by atoms with Crippen LogP contribution in [0, 0.1) is 5.41 Å². The number of hydrogen-bond donors (Lipinski definition) is 2. The molecule has 4 atom stereocenters. The maximum atomic E-state index is 12.5. The maximum absolute atomic E-state index is 12.5. The standard InChI is InChI=1S/C27H44N2O3/c1-19(2)11-9-13-21(5)17-24(30)29-28-23-15-16-27(18-32-27)26(7,25(23)31-8)22(6)14-10-12-20(3)4/h11-14,23,25,28H,9-10,15-18H2,1-8H3,(H,29,30)/b21-13+,22-14+/t23?,25-,26+,27+/m1/s1. The van der Waals surface area contributed by atoms with Crippen molar-refractivity contribution in [3.63, 3.8) is 0 Å². The second-order valence-corrected chi connectivity index (χ2v) is 10.1. The van der Waals surface area contributed by atoms with Crippen LogP contribution < -0.4 is 10.9 Å². The van der Waals surface area contributed by atoms with Crippen molar-refractivity contribution in [1.29, 1.82) is 0 Å². The highest BCUT2D eigenvalue weighted by molar-refractivity contribution is 5.77. The zero-order valence-corrected chi connectivity index (χ0v) is 21.4. The van der Waals surface area contributed by atoms with Gasteiger partial charge in [-0.2, -0.15) is 0 Å². The van der Waals surface area contributed by atoms with Gasteiger partial charge in [-0.25, -0.2) is 5.43 Å². The number of ether oxygens (including phenoxy) is 2. The van der Waals surface area contributed by atoms with Gasteiger partial charge < -0.3 is 9.47 Å². The summed E-state index contributed by atoms with van der Waals surface area (Å²) >= 11 is 0. The van der Waals surface area contributed by atoms with Gasteiger partial charge >= 0.3 is 0 Å². The van der Waals surface area contributed by atoms with Gasteiger partial charge in [0.1, 0.15) is 5.60 Å². The van der Waals surface area contributed by atoms with Crippen LogP contribution in [0.15, 0.2) is 46.6 Å². The zero-order valence-electron chi connectivity index (χ0n) is 21.4. The summed E-state index contributed by atoms with van der Waals surface area (Å²) in [6.45, 7) is 15.6. The Morgan fingerprint density at radius 2 is 1.62 bits per heavy atom. The molecule has 0 bridgehead atoms. The third-order valence-corrected chi connectivity index (χ3v) is 7.08. The first-order valence-corrected chi connectivity index (χ1v) is 11.9. The summed E-state index contributed by atoms with van der Waals surface area (Å²) in [5.74, 6) is -0.0220. The minimum absolute atomic E-state index is 0.0190. The Kier molecular flexibility index (Phi) is 9.50. The van der Waals surface area contributed by atoms with Crippen molar-refractivity contribution in [1.82, 2.24) is 10.9 Å². The van der Waals surface area contributed by atoms with E-state index in [1.165, 1.54) is 16.7 Å². The van der Waals surface area contributed by atoms with Gasteiger partial charge in [-0.3, -0.25) is 10.2 Å². The normalized spacial score (nSPS) is 30.1. The van der Waals surface area contributed by atoms with Crippen LogP contribution in [0.5, 0.6) is 0 Å². The zero-order chi connectivity index (χ0) is 23.9. The van der Waals surface area contributed by atoms with Crippen LogP contribution in [0.1, 0.15) is 80.6 Å². The molecule has 2 rings (SSSR count). The molecule has 1 heterocycles. The van der Waals surface area contributed by atoms with Gasteiger partial charge in [0.05, 0.1) is 18.8 Å². The highest BCUT2D eigenvalue weighted by Crippen LogP contribution is 2.58. The molecule has 0 aromatic heterocycles. The monoisotopic (exact) mass is 444 g/mol. The van der Waals surface area contributed by atoms with E-state index in [1.54, 1.807) is 7.11 Å². The summed E-state index contributed by atoms with van der Waals surface area (Å²) in [5.41, 5.74) is 10.8. The minimum Gasteiger partial charge on any atom is -0.379 e. The van der Waals surface area contributed by atoms with Crippen molar-refractivity contribution < 1.29 is 14.3 Å². The average molecular weight is 445 g/mol. The molecule has 180 valence electrons. The minimum atomic E-state index is -0.252. The number of allylic oxidation sites excluding steroid dienone is 6. The molecule has 2 aliphatic rings. The molecule has 1 aliphatic heterocycles. The van der Waals surface area contributed by atoms with Crippen molar-refractivity contribution in [2.45, 2.75) is 98.3 Å². The van der Waals surface area contributed by atoms with Crippen LogP contribution in [-0.2, 0) is 14.3 Å². The van der Waals surface area contributed by atoms with E-state index in [4.69, 9.17) is 9.47 Å². The number of carbonyl (C=O) groups excluding carboxylic acids is 1. The molecule has 0 aromatic carbocycles. The molecule has 1 aliphatic carbocycles. The summed E-state index contributed by atoms with van der Waals surface area (Å²) in [6, 6.07) is 0.0190. The predicted molar refractivity (Wildman–Crippen MR) is 132 cm³/mol. The Morgan fingerprint density at radius 1 is 1.03 bits per heavy atom. The molecule has 2 N–H and O–H groups in total. The van der Waals surface area contributed by atoms with E-state index < -0.39 is 0 Å². The van der Waals surface area contributed by atoms with E-state index >= 15 is 0 Å². The van der Waals surface area contributed by atoms with Crippen LogP contribution >= 0.6 is 0 Å². The smallest absolute Gasteiger partial charge is 0.238 e.